The maximum absolute atomic E-state index is 3.56. The molecule has 0 saturated carbocycles. The highest BCUT2D eigenvalue weighted by Gasteiger charge is 2.06. The Hall–Kier alpha value is -0.980. The number of rotatable bonds is 6. The Balaban J connectivity index is 2.56. The standard InChI is InChI=1S/C16H27N/c1-6-13(4)15-7-9-16(10-8-15)17-14(5)11-12(2)3/h7-10,12-14,17H,6,11H2,1-5H3. The molecule has 1 rings (SSSR count). The largest absolute Gasteiger partial charge is 0.383 e. The third-order valence-corrected chi connectivity index (χ3v) is 3.33. The van der Waals surface area contributed by atoms with Crippen molar-refractivity contribution in [3.8, 4) is 0 Å². The number of hydrogen-bond donors (Lipinski definition) is 1. The monoisotopic (exact) mass is 233 g/mol. The van der Waals surface area contributed by atoms with Gasteiger partial charge in [-0.05, 0) is 49.3 Å². The van der Waals surface area contributed by atoms with E-state index in [-0.39, 0.29) is 0 Å². The van der Waals surface area contributed by atoms with Crippen LogP contribution in [-0.2, 0) is 0 Å². The van der Waals surface area contributed by atoms with E-state index in [1.54, 1.807) is 0 Å². The number of nitrogens with one attached hydrogen (secondary N) is 1. The van der Waals surface area contributed by atoms with Crippen LogP contribution in [0.5, 0.6) is 0 Å². The van der Waals surface area contributed by atoms with Gasteiger partial charge >= 0.3 is 0 Å². The van der Waals surface area contributed by atoms with Crippen molar-refractivity contribution in [3.05, 3.63) is 29.8 Å². The van der Waals surface area contributed by atoms with E-state index >= 15 is 0 Å². The first-order chi connectivity index (χ1) is 8.02. The van der Waals surface area contributed by atoms with Crippen LogP contribution in [0.3, 0.4) is 0 Å². The van der Waals surface area contributed by atoms with Gasteiger partial charge in [0.1, 0.15) is 0 Å². The zero-order valence-electron chi connectivity index (χ0n) is 12.0. The van der Waals surface area contributed by atoms with Crippen LogP contribution in [0.2, 0.25) is 0 Å². The highest BCUT2D eigenvalue weighted by Crippen LogP contribution is 2.21. The van der Waals surface area contributed by atoms with Crippen molar-refractivity contribution in [3.63, 3.8) is 0 Å². The Morgan fingerprint density at radius 1 is 1.00 bits per heavy atom. The van der Waals surface area contributed by atoms with Crippen molar-refractivity contribution in [2.45, 2.75) is 59.4 Å². The lowest BCUT2D eigenvalue weighted by atomic mass is 9.98. The lowest BCUT2D eigenvalue weighted by molar-refractivity contribution is 0.540. The summed E-state index contributed by atoms with van der Waals surface area (Å²) >= 11 is 0. The van der Waals surface area contributed by atoms with Crippen molar-refractivity contribution < 1.29 is 0 Å². The van der Waals surface area contributed by atoms with E-state index in [0.717, 1.165) is 5.92 Å². The molecule has 17 heavy (non-hydrogen) atoms. The lowest BCUT2D eigenvalue weighted by Gasteiger charge is -2.18. The van der Waals surface area contributed by atoms with Crippen LogP contribution in [0.4, 0.5) is 5.69 Å². The summed E-state index contributed by atoms with van der Waals surface area (Å²) in [5.74, 6) is 1.41. The van der Waals surface area contributed by atoms with Crippen molar-refractivity contribution in [2.75, 3.05) is 5.32 Å². The molecular formula is C16H27N. The molecule has 0 saturated heterocycles. The molecule has 0 spiro atoms. The van der Waals surface area contributed by atoms with Crippen molar-refractivity contribution >= 4 is 5.69 Å². The summed E-state index contributed by atoms with van der Waals surface area (Å²) in [7, 11) is 0. The molecule has 0 bridgehead atoms. The molecule has 0 heterocycles. The lowest BCUT2D eigenvalue weighted by Crippen LogP contribution is -2.17. The zero-order chi connectivity index (χ0) is 12.8. The number of hydrogen-bond acceptors (Lipinski definition) is 1. The minimum Gasteiger partial charge on any atom is -0.383 e. The summed E-state index contributed by atoms with van der Waals surface area (Å²) in [6.45, 7) is 11.3. The second-order valence-electron chi connectivity index (χ2n) is 5.61. The van der Waals surface area contributed by atoms with E-state index in [4.69, 9.17) is 0 Å². The fourth-order valence-corrected chi connectivity index (χ4v) is 2.19. The van der Waals surface area contributed by atoms with E-state index in [9.17, 15) is 0 Å². The molecule has 1 aromatic carbocycles. The van der Waals surface area contributed by atoms with Gasteiger partial charge in [0.15, 0.2) is 0 Å². The van der Waals surface area contributed by atoms with Gasteiger partial charge in [-0.15, -0.1) is 0 Å². The van der Waals surface area contributed by atoms with Crippen molar-refractivity contribution in [2.24, 2.45) is 5.92 Å². The second kappa shape index (κ2) is 6.68. The summed E-state index contributed by atoms with van der Waals surface area (Å²) in [6.07, 6.45) is 2.42. The predicted octanol–water partition coefficient (Wildman–Crippen LogP) is 5.05. The molecule has 0 fully saturated rings. The first kappa shape index (κ1) is 14.1. The van der Waals surface area contributed by atoms with Gasteiger partial charge in [0.25, 0.3) is 0 Å². The van der Waals surface area contributed by atoms with Gasteiger partial charge in [0.2, 0.25) is 0 Å². The zero-order valence-corrected chi connectivity index (χ0v) is 12.0. The molecule has 2 unspecified atom stereocenters. The summed E-state index contributed by atoms with van der Waals surface area (Å²) in [4.78, 5) is 0. The molecular weight excluding hydrogens is 206 g/mol. The molecule has 96 valence electrons. The molecule has 0 aromatic heterocycles. The third kappa shape index (κ3) is 4.80. The highest BCUT2D eigenvalue weighted by atomic mass is 14.9. The van der Waals surface area contributed by atoms with Crippen molar-refractivity contribution in [1.82, 2.24) is 0 Å². The predicted molar refractivity (Wildman–Crippen MR) is 77.7 cm³/mol. The Morgan fingerprint density at radius 3 is 2.06 bits per heavy atom. The Morgan fingerprint density at radius 2 is 1.59 bits per heavy atom. The van der Waals surface area contributed by atoms with E-state index in [1.807, 2.05) is 0 Å². The molecule has 2 atom stereocenters. The van der Waals surface area contributed by atoms with Crippen LogP contribution in [-0.4, -0.2) is 6.04 Å². The smallest absolute Gasteiger partial charge is 0.0342 e. The molecule has 1 aromatic rings. The Labute approximate surface area is 107 Å². The van der Waals surface area contributed by atoms with Crippen LogP contribution in [0.25, 0.3) is 0 Å². The number of anilines is 1. The third-order valence-electron chi connectivity index (χ3n) is 3.33. The molecule has 1 nitrogen and oxygen atoms in total. The maximum atomic E-state index is 3.56. The Kier molecular flexibility index (Phi) is 5.54. The summed E-state index contributed by atoms with van der Waals surface area (Å²) in [5, 5.41) is 3.56. The van der Waals surface area contributed by atoms with Crippen LogP contribution < -0.4 is 5.32 Å². The fourth-order valence-electron chi connectivity index (χ4n) is 2.19. The summed E-state index contributed by atoms with van der Waals surface area (Å²) in [5.41, 5.74) is 2.68. The average molecular weight is 233 g/mol. The van der Waals surface area contributed by atoms with Crippen LogP contribution in [0.15, 0.2) is 24.3 Å². The van der Waals surface area contributed by atoms with E-state index in [0.29, 0.717) is 12.0 Å². The van der Waals surface area contributed by atoms with Crippen LogP contribution >= 0.6 is 0 Å². The summed E-state index contributed by atoms with van der Waals surface area (Å²) in [6, 6.07) is 9.46. The van der Waals surface area contributed by atoms with Gasteiger partial charge in [0.05, 0.1) is 0 Å². The highest BCUT2D eigenvalue weighted by molar-refractivity contribution is 5.45. The first-order valence-electron chi connectivity index (χ1n) is 6.89. The number of benzene rings is 1. The molecule has 0 amide bonds. The van der Waals surface area contributed by atoms with E-state index in [2.05, 4.69) is 64.2 Å². The molecule has 1 N–H and O–H groups in total. The van der Waals surface area contributed by atoms with Gasteiger partial charge in [-0.3, -0.25) is 0 Å². The fraction of sp³-hybridized carbons (Fsp3) is 0.625. The SMILES string of the molecule is CCC(C)c1ccc(NC(C)CC(C)C)cc1. The van der Waals surface area contributed by atoms with Gasteiger partial charge in [-0.25, -0.2) is 0 Å². The quantitative estimate of drug-likeness (QED) is 0.725. The van der Waals surface area contributed by atoms with Crippen molar-refractivity contribution in [1.29, 1.82) is 0 Å². The normalized spacial score (nSPS) is 14.7. The topological polar surface area (TPSA) is 12.0 Å². The minimum absolute atomic E-state index is 0.546. The molecule has 0 aliphatic carbocycles. The second-order valence-corrected chi connectivity index (χ2v) is 5.61. The van der Waals surface area contributed by atoms with Gasteiger partial charge in [0, 0.05) is 11.7 Å². The van der Waals surface area contributed by atoms with Gasteiger partial charge in [-0.1, -0.05) is 39.8 Å². The van der Waals surface area contributed by atoms with Crippen LogP contribution in [0.1, 0.15) is 58.9 Å². The summed E-state index contributed by atoms with van der Waals surface area (Å²) < 4.78 is 0. The maximum Gasteiger partial charge on any atom is 0.0342 e. The van der Waals surface area contributed by atoms with Gasteiger partial charge < -0.3 is 5.32 Å². The molecule has 1 heteroatoms. The van der Waals surface area contributed by atoms with Gasteiger partial charge in [-0.2, -0.15) is 0 Å². The Bertz CT molecular complexity index is 313. The average Bonchev–Trinajstić information content (AvgIpc) is 2.28. The molecule has 0 aliphatic heterocycles. The molecule has 0 radical (unpaired) electrons. The van der Waals surface area contributed by atoms with E-state index in [1.165, 1.54) is 24.1 Å². The van der Waals surface area contributed by atoms with Crippen LogP contribution in [0, 0.1) is 5.92 Å². The first-order valence-corrected chi connectivity index (χ1v) is 6.89. The molecule has 0 aliphatic rings. The van der Waals surface area contributed by atoms with E-state index < -0.39 is 0 Å². The minimum atomic E-state index is 0.546.